The summed E-state index contributed by atoms with van der Waals surface area (Å²) < 4.78 is 37.4. The van der Waals surface area contributed by atoms with Gasteiger partial charge >= 0.3 is 11.9 Å². The highest BCUT2D eigenvalue weighted by Crippen LogP contribution is 2.29. The summed E-state index contributed by atoms with van der Waals surface area (Å²) in [6, 6.07) is 7.40. The van der Waals surface area contributed by atoms with Gasteiger partial charge in [0.05, 0.1) is 13.0 Å². The minimum atomic E-state index is -0.765. The molecular weight excluding hydrogens is 354 g/mol. The Balaban J connectivity index is 2.38. The third-order valence-electron chi connectivity index (χ3n) is 3.63. The predicted octanol–water partition coefficient (Wildman–Crippen LogP) is 5.07. The van der Waals surface area contributed by atoms with Crippen LogP contribution in [-0.4, -0.2) is 18.5 Å². The number of benzene rings is 2. The highest BCUT2D eigenvalue weighted by Gasteiger charge is 2.18. The second-order valence-corrected chi connectivity index (χ2v) is 5.61. The van der Waals surface area contributed by atoms with Crippen LogP contribution in [0.3, 0.4) is 0 Å². The van der Waals surface area contributed by atoms with E-state index in [4.69, 9.17) is 9.47 Å². The monoisotopic (exact) mass is 374 g/mol. The summed E-state index contributed by atoms with van der Waals surface area (Å²) in [6.45, 7) is 3.71. The molecule has 142 valence electrons. The lowest BCUT2D eigenvalue weighted by atomic mass is 10.0. The summed E-state index contributed by atoms with van der Waals surface area (Å²) in [7, 11) is 0. The lowest BCUT2D eigenvalue weighted by Crippen LogP contribution is -2.12. The Morgan fingerprint density at radius 2 is 1.81 bits per heavy atom. The second-order valence-electron chi connectivity index (χ2n) is 5.61. The van der Waals surface area contributed by atoms with Crippen molar-refractivity contribution in [1.29, 1.82) is 0 Å². The fourth-order valence-corrected chi connectivity index (χ4v) is 2.39. The molecule has 0 fully saturated rings. The maximum absolute atomic E-state index is 14.1. The van der Waals surface area contributed by atoms with Crippen molar-refractivity contribution in [2.75, 3.05) is 6.61 Å². The van der Waals surface area contributed by atoms with Gasteiger partial charge in [0.2, 0.25) is 0 Å². The van der Waals surface area contributed by atoms with E-state index in [1.165, 1.54) is 24.3 Å². The average molecular weight is 374 g/mol. The zero-order valence-corrected chi connectivity index (χ0v) is 15.1. The highest BCUT2D eigenvalue weighted by atomic mass is 19.1. The fourth-order valence-electron chi connectivity index (χ4n) is 2.39. The number of hydrogen-bond donors (Lipinski definition) is 0. The molecule has 6 heteroatoms. The zero-order chi connectivity index (χ0) is 19.8. The van der Waals surface area contributed by atoms with Crippen molar-refractivity contribution >= 4 is 11.9 Å². The molecule has 0 aliphatic rings. The molecular formula is C21H20F2O4. The SMILES string of the molecule is CC/C=C\CC(=O)Oc1ccc(-c2ccc(F)cc2F)cc1C(=O)OCC. The van der Waals surface area contributed by atoms with E-state index in [1.807, 2.05) is 13.0 Å². The number of ether oxygens (including phenoxy) is 2. The molecule has 0 N–H and O–H groups in total. The Kier molecular flexibility index (Phi) is 7.23. The van der Waals surface area contributed by atoms with Crippen molar-refractivity contribution < 1.29 is 27.8 Å². The smallest absolute Gasteiger partial charge is 0.341 e. The summed E-state index contributed by atoms with van der Waals surface area (Å²) in [5.74, 6) is -2.68. The van der Waals surface area contributed by atoms with Gasteiger partial charge in [0, 0.05) is 11.6 Å². The van der Waals surface area contributed by atoms with Gasteiger partial charge in [-0.15, -0.1) is 0 Å². The lowest BCUT2D eigenvalue weighted by Gasteiger charge is -2.12. The summed E-state index contributed by atoms with van der Waals surface area (Å²) in [5.41, 5.74) is 0.442. The number of hydrogen-bond acceptors (Lipinski definition) is 4. The van der Waals surface area contributed by atoms with Crippen LogP contribution in [-0.2, 0) is 9.53 Å². The van der Waals surface area contributed by atoms with Crippen LogP contribution in [0, 0.1) is 11.6 Å². The van der Waals surface area contributed by atoms with Crippen LogP contribution in [0.1, 0.15) is 37.0 Å². The third kappa shape index (κ3) is 5.48. The summed E-state index contributed by atoms with van der Waals surface area (Å²) in [5, 5.41) is 0. The molecule has 0 saturated carbocycles. The van der Waals surface area contributed by atoms with Crippen molar-refractivity contribution in [2.45, 2.75) is 26.7 Å². The van der Waals surface area contributed by atoms with E-state index in [1.54, 1.807) is 13.0 Å². The van der Waals surface area contributed by atoms with Crippen molar-refractivity contribution in [2.24, 2.45) is 0 Å². The van der Waals surface area contributed by atoms with Crippen molar-refractivity contribution in [1.82, 2.24) is 0 Å². The van der Waals surface area contributed by atoms with Crippen LogP contribution in [0.15, 0.2) is 48.6 Å². The minimum Gasteiger partial charge on any atom is -0.462 e. The van der Waals surface area contributed by atoms with Gasteiger partial charge < -0.3 is 9.47 Å². The Morgan fingerprint density at radius 3 is 2.48 bits per heavy atom. The molecule has 0 heterocycles. The molecule has 0 atom stereocenters. The first-order valence-electron chi connectivity index (χ1n) is 8.58. The largest absolute Gasteiger partial charge is 0.462 e. The second kappa shape index (κ2) is 9.62. The van der Waals surface area contributed by atoms with Gasteiger partial charge in [0.25, 0.3) is 0 Å². The van der Waals surface area contributed by atoms with E-state index in [2.05, 4.69) is 0 Å². The molecule has 2 aromatic carbocycles. The van der Waals surface area contributed by atoms with Gasteiger partial charge in [-0.2, -0.15) is 0 Å². The van der Waals surface area contributed by atoms with Crippen LogP contribution in [0.2, 0.25) is 0 Å². The quantitative estimate of drug-likeness (QED) is 0.386. The van der Waals surface area contributed by atoms with E-state index in [-0.39, 0.29) is 29.9 Å². The highest BCUT2D eigenvalue weighted by molar-refractivity contribution is 5.95. The maximum atomic E-state index is 14.1. The molecule has 0 aliphatic heterocycles. The molecule has 0 unspecified atom stereocenters. The van der Waals surface area contributed by atoms with E-state index in [9.17, 15) is 18.4 Å². The molecule has 2 rings (SSSR count). The van der Waals surface area contributed by atoms with Gasteiger partial charge in [0.15, 0.2) is 0 Å². The summed E-state index contributed by atoms with van der Waals surface area (Å²) >= 11 is 0. The van der Waals surface area contributed by atoms with E-state index < -0.39 is 23.6 Å². The molecule has 27 heavy (non-hydrogen) atoms. The molecule has 0 radical (unpaired) electrons. The van der Waals surface area contributed by atoms with Crippen LogP contribution in [0.5, 0.6) is 5.75 Å². The minimum absolute atomic E-state index is 0.00843. The molecule has 0 saturated heterocycles. The number of carbonyl (C=O) groups excluding carboxylic acids is 2. The number of carbonyl (C=O) groups is 2. The average Bonchev–Trinajstić information content (AvgIpc) is 2.62. The van der Waals surface area contributed by atoms with E-state index >= 15 is 0 Å². The first-order chi connectivity index (χ1) is 13.0. The molecule has 0 aromatic heterocycles. The van der Waals surface area contributed by atoms with Crippen LogP contribution in [0.25, 0.3) is 11.1 Å². The van der Waals surface area contributed by atoms with Crippen LogP contribution in [0.4, 0.5) is 8.78 Å². The van der Waals surface area contributed by atoms with E-state index in [0.717, 1.165) is 18.6 Å². The topological polar surface area (TPSA) is 52.6 Å². The van der Waals surface area contributed by atoms with Gasteiger partial charge in [-0.1, -0.05) is 25.1 Å². The summed E-state index contributed by atoms with van der Waals surface area (Å²) in [4.78, 5) is 24.2. The molecule has 0 aliphatic carbocycles. The van der Waals surface area contributed by atoms with Gasteiger partial charge in [-0.3, -0.25) is 4.79 Å². The van der Waals surface area contributed by atoms with Crippen molar-refractivity contribution in [3.63, 3.8) is 0 Å². The van der Waals surface area contributed by atoms with Crippen LogP contribution < -0.4 is 4.74 Å². The Bertz CT molecular complexity index is 859. The lowest BCUT2D eigenvalue weighted by molar-refractivity contribution is -0.133. The first kappa shape index (κ1) is 20.3. The molecule has 0 bridgehead atoms. The Labute approximate surface area is 156 Å². The normalized spacial score (nSPS) is 10.8. The summed E-state index contributed by atoms with van der Waals surface area (Å²) in [6.07, 6.45) is 4.35. The molecule has 4 nitrogen and oxygen atoms in total. The van der Waals surface area contributed by atoms with Crippen molar-refractivity contribution in [3.05, 3.63) is 65.7 Å². The molecule has 0 spiro atoms. The predicted molar refractivity (Wildman–Crippen MR) is 97.4 cm³/mol. The van der Waals surface area contributed by atoms with E-state index in [0.29, 0.717) is 5.56 Å². The van der Waals surface area contributed by atoms with Crippen LogP contribution >= 0.6 is 0 Å². The number of allylic oxidation sites excluding steroid dienone is 1. The number of halogens is 2. The van der Waals surface area contributed by atoms with Gasteiger partial charge in [0.1, 0.15) is 22.9 Å². The van der Waals surface area contributed by atoms with Crippen molar-refractivity contribution in [3.8, 4) is 16.9 Å². The maximum Gasteiger partial charge on any atom is 0.341 e. The Hall–Kier alpha value is -3.02. The van der Waals surface area contributed by atoms with Gasteiger partial charge in [-0.25, -0.2) is 13.6 Å². The molecule has 2 aromatic rings. The third-order valence-corrected chi connectivity index (χ3v) is 3.63. The zero-order valence-electron chi connectivity index (χ0n) is 15.1. The first-order valence-corrected chi connectivity index (χ1v) is 8.58. The molecule has 0 amide bonds. The number of esters is 2. The Morgan fingerprint density at radius 1 is 1.04 bits per heavy atom. The standard InChI is InChI=1S/C21H20F2O4/c1-3-5-6-7-20(24)27-19-11-8-14(12-17(19)21(25)26-4-2)16-10-9-15(22)13-18(16)23/h5-6,8-13H,3-4,7H2,1-2H3/b6-5-. The van der Waals surface area contributed by atoms with Gasteiger partial charge in [-0.05, 0) is 43.2 Å². The fraction of sp³-hybridized carbons (Fsp3) is 0.238. The number of rotatable bonds is 7.